The zero-order chi connectivity index (χ0) is 15.0. The maximum atomic E-state index is 3.91. The summed E-state index contributed by atoms with van der Waals surface area (Å²) >= 11 is 1.90. The van der Waals surface area contributed by atoms with Gasteiger partial charge in [0, 0.05) is 21.8 Å². The Bertz CT molecular complexity index is 626. The van der Waals surface area contributed by atoms with Crippen LogP contribution in [0.1, 0.15) is 60.2 Å². The predicted molar refractivity (Wildman–Crippen MR) is 91.9 cm³/mol. The zero-order valence-electron chi connectivity index (χ0n) is 13.4. The summed E-state index contributed by atoms with van der Waals surface area (Å²) in [6, 6.07) is 14.3. The van der Waals surface area contributed by atoms with Crippen molar-refractivity contribution in [2.24, 2.45) is 5.41 Å². The van der Waals surface area contributed by atoms with Gasteiger partial charge in [0.2, 0.25) is 0 Å². The van der Waals surface area contributed by atoms with E-state index in [-0.39, 0.29) is 0 Å². The summed E-state index contributed by atoms with van der Waals surface area (Å²) < 4.78 is 0. The Kier molecular flexibility index (Phi) is 3.94. The third kappa shape index (κ3) is 2.93. The van der Waals surface area contributed by atoms with Gasteiger partial charge in [0.15, 0.2) is 0 Å². The van der Waals surface area contributed by atoms with Crippen molar-refractivity contribution < 1.29 is 0 Å². The van der Waals surface area contributed by atoms with E-state index < -0.39 is 0 Å². The first-order valence-electron chi connectivity index (χ1n) is 7.87. The molecule has 0 spiro atoms. The second-order valence-electron chi connectivity index (χ2n) is 6.96. The van der Waals surface area contributed by atoms with Gasteiger partial charge in [-0.2, -0.15) is 0 Å². The number of thiophene rings is 1. The van der Waals surface area contributed by atoms with E-state index in [4.69, 9.17) is 0 Å². The number of benzene rings is 1. The van der Waals surface area contributed by atoms with E-state index in [0.717, 1.165) is 0 Å². The maximum absolute atomic E-state index is 3.91. The smallest absolute Gasteiger partial charge is 0.0391 e. The molecular weight excluding hydrogens is 274 g/mol. The number of aryl methyl sites for hydroxylation is 2. The lowest BCUT2D eigenvalue weighted by Crippen LogP contribution is -2.39. The second-order valence-corrected chi connectivity index (χ2v) is 8.28. The summed E-state index contributed by atoms with van der Waals surface area (Å²) in [6.45, 7) is 9.26. The molecule has 0 radical (unpaired) electrons. The van der Waals surface area contributed by atoms with E-state index in [9.17, 15) is 0 Å². The third-order valence-electron chi connectivity index (χ3n) is 4.79. The molecule has 2 atom stereocenters. The van der Waals surface area contributed by atoms with Crippen LogP contribution in [0.4, 0.5) is 0 Å². The normalized spacial score (nSPS) is 21.8. The molecule has 0 aliphatic heterocycles. The second kappa shape index (κ2) is 5.58. The highest BCUT2D eigenvalue weighted by molar-refractivity contribution is 7.12. The topological polar surface area (TPSA) is 12.0 Å². The van der Waals surface area contributed by atoms with Crippen molar-refractivity contribution in [2.75, 3.05) is 0 Å². The lowest BCUT2D eigenvalue weighted by molar-refractivity contribution is 0.197. The highest BCUT2D eigenvalue weighted by atomic mass is 32.1. The lowest BCUT2D eigenvalue weighted by Gasteiger charge is -2.42. The Morgan fingerprint density at radius 3 is 2.67 bits per heavy atom. The summed E-state index contributed by atoms with van der Waals surface area (Å²) in [5.74, 6) is 0. The van der Waals surface area contributed by atoms with E-state index in [2.05, 4.69) is 69.4 Å². The quantitative estimate of drug-likeness (QED) is 0.798. The van der Waals surface area contributed by atoms with Crippen molar-refractivity contribution in [3.63, 3.8) is 0 Å². The summed E-state index contributed by atoms with van der Waals surface area (Å²) in [7, 11) is 0. The molecule has 3 rings (SSSR count). The number of rotatable bonds is 3. The monoisotopic (exact) mass is 299 g/mol. The van der Waals surface area contributed by atoms with Gasteiger partial charge in [0.25, 0.3) is 0 Å². The van der Waals surface area contributed by atoms with E-state index in [1.54, 1.807) is 0 Å². The van der Waals surface area contributed by atoms with Gasteiger partial charge in [-0.15, -0.1) is 11.3 Å². The molecule has 112 valence electrons. The van der Waals surface area contributed by atoms with Crippen molar-refractivity contribution in [1.82, 2.24) is 5.32 Å². The minimum atomic E-state index is 0.301. The molecule has 0 saturated heterocycles. The fourth-order valence-electron chi connectivity index (χ4n) is 3.40. The average molecular weight is 299 g/mol. The molecule has 1 N–H and O–H groups in total. The summed E-state index contributed by atoms with van der Waals surface area (Å²) in [5, 5.41) is 3.91. The van der Waals surface area contributed by atoms with Gasteiger partial charge in [-0.05, 0) is 55.4 Å². The zero-order valence-corrected chi connectivity index (χ0v) is 14.3. The van der Waals surface area contributed by atoms with Gasteiger partial charge in [0.1, 0.15) is 0 Å². The molecule has 1 nitrogen and oxygen atoms in total. The Hall–Kier alpha value is -1.12. The van der Waals surface area contributed by atoms with Crippen LogP contribution in [0.25, 0.3) is 0 Å². The van der Waals surface area contributed by atoms with Gasteiger partial charge in [0.05, 0.1) is 0 Å². The molecule has 0 amide bonds. The van der Waals surface area contributed by atoms with Crippen molar-refractivity contribution in [3.05, 3.63) is 57.3 Å². The molecule has 0 fully saturated rings. The minimum absolute atomic E-state index is 0.301. The van der Waals surface area contributed by atoms with Crippen LogP contribution in [0.3, 0.4) is 0 Å². The fourth-order valence-corrected chi connectivity index (χ4v) is 4.29. The molecule has 1 heterocycles. The van der Waals surface area contributed by atoms with Crippen molar-refractivity contribution >= 4 is 11.3 Å². The van der Waals surface area contributed by atoms with Gasteiger partial charge in [-0.1, -0.05) is 38.1 Å². The largest absolute Gasteiger partial charge is 0.302 e. The summed E-state index contributed by atoms with van der Waals surface area (Å²) in [4.78, 5) is 2.83. The van der Waals surface area contributed by atoms with E-state index in [1.165, 1.54) is 33.7 Å². The third-order valence-corrected chi connectivity index (χ3v) is 5.97. The maximum Gasteiger partial charge on any atom is 0.0391 e. The number of nitrogens with one attached hydrogen (secondary N) is 1. The molecule has 0 bridgehead atoms. The predicted octanol–water partition coefficient (Wildman–Crippen LogP) is 5.42. The molecule has 2 unspecified atom stereocenters. The SMILES string of the molecule is Cc1ccc(C(C)NC2c3ccccc3CCC2(C)C)s1. The minimum Gasteiger partial charge on any atom is -0.302 e. The first-order chi connectivity index (χ1) is 9.97. The van der Waals surface area contributed by atoms with Crippen molar-refractivity contribution in [2.45, 2.75) is 52.6 Å². The molecule has 1 aliphatic rings. The molecule has 2 heteroatoms. The Labute approximate surface area is 132 Å². The first kappa shape index (κ1) is 14.8. The van der Waals surface area contributed by atoms with Crippen LogP contribution in [-0.4, -0.2) is 0 Å². The van der Waals surface area contributed by atoms with Crippen LogP contribution in [0.5, 0.6) is 0 Å². The van der Waals surface area contributed by atoms with Crippen molar-refractivity contribution in [3.8, 4) is 0 Å². The van der Waals surface area contributed by atoms with Gasteiger partial charge >= 0.3 is 0 Å². The molecule has 1 aromatic carbocycles. The fraction of sp³-hybridized carbons (Fsp3) is 0.474. The highest BCUT2D eigenvalue weighted by Crippen LogP contribution is 2.44. The van der Waals surface area contributed by atoms with Gasteiger partial charge in [-0.3, -0.25) is 0 Å². The van der Waals surface area contributed by atoms with E-state index in [0.29, 0.717) is 17.5 Å². The number of hydrogen-bond acceptors (Lipinski definition) is 2. The van der Waals surface area contributed by atoms with Crippen LogP contribution in [-0.2, 0) is 6.42 Å². The Balaban J connectivity index is 1.89. The summed E-state index contributed by atoms with van der Waals surface area (Å²) in [5.41, 5.74) is 3.31. The van der Waals surface area contributed by atoms with Gasteiger partial charge in [-0.25, -0.2) is 0 Å². The molecule has 2 aromatic rings. The average Bonchev–Trinajstić information content (AvgIpc) is 2.89. The molecule has 1 aliphatic carbocycles. The number of fused-ring (bicyclic) bond motifs is 1. The van der Waals surface area contributed by atoms with Crippen LogP contribution in [0, 0.1) is 12.3 Å². The Morgan fingerprint density at radius 1 is 1.19 bits per heavy atom. The van der Waals surface area contributed by atoms with Gasteiger partial charge < -0.3 is 5.32 Å². The first-order valence-corrected chi connectivity index (χ1v) is 8.69. The lowest BCUT2D eigenvalue weighted by atomic mass is 9.70. The standard InChI is InChI=1S/C19H25NS/c1-13-9-10-17(21-13)14(2)20-18-16-8-6-5-7-15(16)11-12-19(18,3)4/h5-10,14,18,20H,11-12H2,1-4H3. The molecule has 0 saturated carbocycles. The van der Waals surface area contributed by atoms with Crippen LogP contribution >= 0.6 is 11.3 Å². The Morgan fingerprint density at radius 2 is 1.95 bits per heavy atom. The number of hydrogen-bond donors (Lipinski definition) is 1. The highest BCUT2D eigenvalue weighted by Gasteiger charge is 2.36. The van der Waals surface area contributed by atoms with Crippen LogP contribution < -0.4 is 5.32 Å². The van der Waals surface area contributed by atoms with Crippen molar-refractivity contribution in [1.29, 1.82) is 0 Å². The van der Waals surface area contributed by atoms with Crippen LogP contribution in [0.15, 0.2) is 36.4 Å². The molecule has 1 aromatic heterocycles. The molecule has 21 heavy (non-hydrogen) atoms. The van der Waals surface area contributed by atoms with Crippen LogP contribution in [0.2, 0.25) is 0 Å². The molecular formula is C19H25NS. The van der Waals surface area contributed by atoms with E-state index >= 15 is 0 Å². The summed E-state index contributed by atoms with van der Waals surface area (Å²) in [6.07, 6.45) is 2.45. The van der Waals surface area contributed by atoms with E-state index in [1.807, 2.05) is 11.3 Å².